The summed E-state index contributed by atoms with van der Waals surface area (Å²) in [6, 6.07) is 10.2. The number of ether oxygens (including phenoxy) is 1. The van der Waals surface area contributed by atoms with E-state index in [1.165, 1.54) is 24.3 Å². The number of anilines is 1. The van der Waals surface area contributed by atoms with Crippen LogP contribution in [0.25, 0.3) is 6.08 Å². The van der Waals surface area contributed by atoms with Gasteiger partial charge in [-0.3, -0.25) is 9.59 Å². The molecule has 1 aliphatic heterocycles. The first-order valence-electron chi connectivity index (χ1n) is 8.81. The molecule has 0 radical (unpaired) electrons. The van der Waals surface area contributed by atoms with Crippen LogP contribution >= 0.6 is 22.6 Å². The number of hydrogen-bond donors (Lipinski definition) is 2. The van der Waals surface area contributed by atoms with Crippen molar-refractivity contribution < 1.29 is 23.5 Å². The number of urea groups is 1. The minimum Gasteiger partial charge on any atom is -0.488 e. The molecule has 2 aromatic rings. The van der Waals surface area contributed by atoms with Gasteiger partial charge in [0.15, 0.2) is 0 Å². The highest BCUT2D eigenvalue weighted by atomic mass is 127. The molecule has 1 saturated heterocycles. The number of hydrogen-bond acceptors (Lipinski definition) is 4. The molecule has 0 unspecified atom stereocenters. The Morgan fingerprint density at radius 3 is 2.73 bits per heavy atom. The number of imide groups is 1. The predicted molar refractivity (Wildman–Crippen MR) is 118 cm³/mol. The number of rotatable bonds is 7. The average molecular weight is 521 g/mol. The Morgan fingerprint density at radius 1 is 1.27 bits per heavy atom. The molecule has 0 atom stereocenters. The minimum atomic E-state index is -0.726. The summed E-state index contributed by atoms with van der Waals surface area (Å²) in [5, 5.41) is 4.79. The summed E-state index contributed by atoms with van der Waals surface area (Å²) in [4.78, 5) is 37.6. The Bertz CT molecular complexity index is 1050. The van der Waals surface area contributed by atoms with Gasteiger partial charge in [-0.15, -0.1) is 0 Å². The van der Waals surface area contributed by atoms with Crippen molar-refractivity contribution in [1.29, 1.82) is 0 Å². The molecule has 154 valence electrons. The van der Waals surface area contributed by atoms with Gasteiger partial charge in [-0.25, -0.2) is 14.1 Å². The van der Waals surface area contributed by atoms with E-state index in [4.69, 9.17) is 4.74 Å². The number of nitrogens with zero attached hydrogens (tertiary/aromatic N) is 1. The van der Waals surface area contributed by atoms with E-state index in [-0.39, 0.29) is 11.4 Å². The molecule has 3 rings (SSSR count). The van der Waals surface area contributed by atoms with Crippen molar-refractivity contribution >= 4 is 52.2 Å². The highest BCUT2D eigenvalue weighted by Crippen LogP contribution is 2.24. The molecular weight excluding hydrogens is 504 g/mol. The highest BCUT2D eigenvalue weighted by Gasteiger charge is 2.35. The molecule has 30 heavy (non-hydrogen) atoms. The molecule has 7 nitrogen and oxygen atoms in total. The fourth-order valence-corrected chi connectivity index (χ4v) is 3.35. The van der Waals surface area contributed by atoms with Crippen LogP contribution in [0.15, 0.2) is 60.8 Å². The summed E-state index contributed by atoms with van der Waals surface area (Å²) in [7, 11) is 0. The van der Waals surface area contributed by atoms with Gasteiger partial charge in [0.05, 0.1) is 9.26 Å². The van der Waals surface area contributed by atoms with E-state index in [2.05, 4.69) is 39.8 Å². The molecule has 2 N–H and O–H groups in total. The van der Waals surface area contributed by atoms with Gasteiger partial charge in [0.1, 0.15) is 30.4 Å². The van der Waals surface area contributed by atoms with Crippen LogP contribution in [0.4, 0.5) is 14.9 Å². The second kappa shape index (κ2) is 9.53. The fourth-order valence-electron chi connectivity index (χ4n) is 2.65. The smallest absolute Gasteiger partial charge is 0.329 e. The zero-order chi connectivity index (χ0) is 21.7. The van der Waals surface area contributed by atoms with Crippen LogP contribution in [0.1, 0.15) is 5.56 Å². The molecule has 2 aromatic carbocycles. The lowest BCUT2D eigenvalue weighted by molar-refractivity contribution is -0.127. The number of amides is 4. The maximum atomic E-state index is 13.7. The van der Waals surface area contributed by atoms with E-state index in [1.54, 1.807) is 30.3 Å². The van der Waals surface area contributed by atoms with Crippen LogP contribution < -0.4 is 15.4 Å². The zero-order valence-corrected chi connectivity index (χ0v) is 17.8. The van der Waals surface area contributed by atoms with Crippen LogP contribution in [0.2, 0.25) is 0 Å². The number of benzene rings is 2. The van der Waals surface area contributed by atoms with Crippen LogP contribution in [0.5, 0.6) is 5.75 Å². The van der Waals surface area contributed by atoms with E-state index in [0.29, 0.717) is 17.9 Å². The number of halogens is 2. The normalized spacial score (nSPS) is 14.6. The second-order valence-corrected chi connectivity index (χ2v) is 7.36. The molecule has 0 saturated carbocycles. The molecule has 0 aliphatic carbocycles. The Morgan fingerprint density at radius 2 is 2.03 bits per heavy atom. The third-order valence-corrected chi connectivity index (χ3v) is 4.88. The van der Waals surface area contributed by atoms with Crippen molar-refractivity contribution in [3.05, 3.63) is 75.8 Å². The lowest BCUT2D eigenvalue weighted by Crippen LogP contribution is -2.38. The molecule has 1 heterocycles. The molecule has 4 amide bonds. The van der Waals surface area contributed by atoms with Gasteiger partial charge >= 0.3 is 6.03 Å². The Kier molecular flexibility index (Phi) is 6.83. The standard InChI is InChI=1S/C21H17FIN3O4/c1-2-9-30-18-8-7-13(10-15(18)23)11-17-20(28)26(21(29)25-17)12-19(27)24-16-6-4-3-5-14(16)22/h2-8,10-11H,1,9,12H2,(H,24,27)(H,25,29)/b17-11+. The average Bonchev–Trinajstić information content (AvgIpc) is 2.96. The Hall–Kier alpha value is -3.21. The van der Waals surface area contributed by atoms with E-state index < -0.39 is 30.2 Å². The quantitative estimate of drug-likeness (QED) is 0.253. The van der Waals surface area contributed by atoms with Gasteiger partial charge in [0.25, 0.3) is 5.91 Å². The largest absolute Gasteiger partial charge is 0.488 e. The molecule has 9 heteroatoms. The van der Waals surface area contributed by atoms with Gasteiger partial charge in [-0.1, -0.05) is 30.9 Å². The predicted octanol–water partition coefficient (Wildman–Crippen LogP) is 3.53. The molecule has 0 bridgehead atoms. The maximum Gasteiger partial charge on any atom is 0.329 e. The Balaban J connectivity index is 1.69. The lowest BCUT2D eigenvalue weighted by atomic mass is 10.2. The summed E-state index contributed by atoms with van der Waals surface area (Å²) in [5.41, 5.74) is 0.680. The van der Waals surface area contributed by atoms with Crippen molar-refractivity contribution in [2.75, 3.05) is 18.5 Å². The SMILES string of the molecule is C=CCOc1ccc(/C=C2/NC(=O)N(CC(=O)Nc3ccccc3F)C2=O)cc1I. The minimum absolute atomic E-state index is 0.0290. The summed E-state index contributed by atoms with van der Waals surface area (Å²) in [6.45, 7) is 3.43. The molecule has 1 fully saturated rings. The first-order valence-corrected chi connectivity index (χ1v) is 9.89. The summed E-state index contributed by atoms with van der Waals surface area (Å²) >= 11 is 2.10. The van der Waals surface area contributed by atoms with Crippen LogP contribution in [-0.2, 0) is 9.59 Å². The van der Waals surface area contributed by atoms with Gasteiger partial charge < -0.3 is 15.4 Å². The van der Waals surface area contributed by atoms with Crippen molar-refractivity contribution in [2.45, 2.75) is 0 Å². The van der Waals surface area contributed by atoms with Crippen molar-refractivity contribution in [3.63, 3.8) is 0 Å². The van der Waals surface area contributed by atoms with Crippen molar-refractivity contribution in [1.82, 2.24) is 10.2 Å². The van der Waals surface area contributed by atoms with E-state index >= 15 is 0 Å². The van der Waals surface area contributed by atoms with Crippen LogP contribution in [0, 0.1) is 9.39 Å². The monoisotopic (exact) mass is 521 g/mol. The molecule has 1 aliphatic rings. The summed E-state index contributed by atoms with van der Waals surface area (Å²) in [5.74, 6) is -1.28. The van der Waals surface area contributed by atoms with Crippen LogP contribution in [-0.4, -0.2) is 35.9 Å². The molecular formula is C21H17FIN3O4. The van der Waals surface area contributed by atoms with E-state index in [0.717, 1.165) is 8.47 Å². The first kappa shape index (κ1) is 21.5. The topological polar surface area (TPSA) is 87.7 Å². The van der Waals surface area contributed by atoms with Crippen LogP contribution in [0.3, 0.4) is 0 Å². The molecule has 0 spiro atoms. The van der Waals surface area contributed by atoms with Gasteiger partial charge in [0, 0.05) is 0 Å². The van der Waals surface area contributed by atoms with Gasteiger partial charge in [-0.05, 0) is 58.5 Å². The third kappa shape index (κ3) is 5.03. The summed E-state index contributed by atoms with van der Waals surface area (Å²) in [6.07, 6.45) is 3.14. The van der Waals surface area contributed by atoms with E-state index in [9.17, 15) is 18.8 Å². The first-order chi connectivity index (χ1) is 14.4. The molecule has 0 aromatic heterocycles. The van der Waals surface area contributed by atoms with Crippen molar-refractivity contribution in [3.8, 4) is 5.75 Å². The lowest BCUT2D eigenvalue weighted by Gasteiger charge is -2.12. The fraction of sp³-hybridized carbons (Fsp3) is 0.0952. The number of carbonyl (C=O) groups excluding carboxylic acids is 3. The van der Waals surface area contributed by atoms with Gasteiger partial charge in [0.2, 0.25) is 5.91 Å². The number of para-hydroxylation sites is 1. The van der Waals surface area contributed by atoms with Crippen molar-refractivity contribution in [2.24, 2.45) is 0 Å². The number of carbonyl (C=O) groups is 3. The maximum absolute atomic E-state index is 13.7. The highest BCUT2D eigenvalue weighted by molar-refractivity contribution is 14.1. The van der Waals surface area contributed by atoms with Gasteiger partial charge in [-0.2, -0.15) is 0 Å². The Labute approximate surface area is 185 Å². The second-order valence-electron chi connectivity index (χ2n) is 6.20. The summed E-state index contributed by atoms with van der Waals surface area (Å²) < 4.78 is 20.0. The number of nitrogens with one attached hydrogen (secondary N) is 2. The van der Waals surface area contributed by atoms with E-state index in [1.807, 2.05) is 0 Å². The third-order valence-electron chi connectivity index (χ3n) is 4.04. The zero-order valence-electron chi connectivity index (χ0n) is 15.7.